The van der Waals surface area contributed by atoms with Crippen LogP contribution in [0.25, 0.3) is 0 Å². The van der Waals surface area contributed by atoms with Gasteiger partial charge in [-0.25, -0.2) is 0 Å². The minimum absolute atomic E-state index is 0.0279. The van der Waals surface area contributed by atoms with E-state index in [2.05, 4.69) is 13.5 Å². The fraction of sp³-hybridized carbons (Fsp3) is 0.792. The van der Waals surface area contributed by atoms with Gasteiger partial charge in [-0.1, -0.05) is 26.8 Å². The minimum atomic E-state index is -1.07. The number of fused-ring (bicyclic) bond motifs is 3. The highest BCUT2D eigenvalue weighted by Gasteiger charge is 2.71. The van der Waals surface area contributed by atoms with Gasteiger partial charge in [-0.2, -0.15) is 0 Å². The summed E-state index contributed by atoms with van der Waals surface area (Å²) in [5, 5.41) is 0. The van der Waals surface area contributed by atoms with Gasteiger partial charge in [-0.3, -0.25) is 14.4 Å². The maximum absolute atomic E-state index is 13.9. The number of carbonyl (C=O) groups excluding carboxylic acids is 3. The molecule has 168 valence electrons. The lowest BCUT2D eigenvalue weighted by atomic mass is 9.42. The maximum atomic E-state index is 13.9. The summed E-state index contributed by atoms with van der Waals surface area (Å²) in [4.78, 5) is 37.7. The van der Waals surface area contributed by atoms with Gasteiger partial charge >= 0.3 is 11.9 Å². The van der Waals surface area contributed by atoms with Crippen LogP contribution in [0.5, 0.6) is 0 Å². The van der Waals surface area contributed by atoms with Gasteiger partial charge in [-0.05, 0) is 44.9 Å². The van der Waals surface area contributed by atoms with Crippen LogP contribution < -0.4 is 0 Å². The molecule has 2 aliphatic carbocycles. The van der Waals surface area contributed by atoms with Gasteiger partial charge in [0, 0.05) is 31.1 Å². The zero-order valence-electron chi connectivity index (χ0n) is 19.4. The highest BCUT2D eigenvalue weighted by atomic mass is 16.6. The summed E-state index contributed by atoms with van der Waals surface area (Å²) in [6, 6.07) is 0. The molecular weight excluding hydrogens is 384 g/mol. The Hall–Kier alpha value is -1.69. The molecule has 2 saturated carbocycles. The quantitative estimate of drug-likeness (QED) is 0.507. The minimum Gasteiger partial charge on any atom is -0.462 e. The summed E-state index contributed by atoms with van der Waals surface area (Å²) in [6.45, 7) is 16.7. The zero-order chi connectivity index (χ0) is 22.7. The second-order valence-corrected chi connectivity index (χ2v) is 10.7. The fourth-order valence-corrected chi connectivity index (χ4v) is 6.93. The Labute approximate surface area is 179 Å². The third-order valence-corrected chi connectivity index (χ3v) is 8.21. The zero-order valence-corrected chi connectivity index (χ0v) is 19.4. The van der Waals surface area contributed by atoms with Crippen molar-refractivity contribution < 1.29 is 28.6 Å². The van der Waals surface area contributed by atoms with E-state index in [1.807, 2.05) is 27.7 Å². The molecule has 0 radical (unpaired) electrons. The Balaban J connectivity index is 2.13. The number of rotatable bonds is 3. The molecule has 7 atom stereocenters. The lowest BCUT2D eigenvalue weighted by Crippen LogP contribution is -2.73. The molecule has 6 heteroatoms. The highest BCUT2D eigenvalue weighted by molar-refractivity contribution is 5.94. The summed E-state index contributed by atoms with van der Waals surface area (Å²) in [7, 11) is 0. The molecule has 0 aromatic heterocycles. The first-order chi connectivity index (χ1) is 13.7. The van der Waals surface area contributed by atoms with Gasteiger partial charge in [0.25, 0.3) is 0 Å². The number of hydrogen-bond donors (Lipinski definition) is 0. The van der Waals surface area contributed by atoms with E-state index >= 15 is 0 Å². The Morgan fingerprint density at radius 2 is 1.63 bits per heavy atom. The van der Waals surface area contributed by atoms with Gasteiger partial charge in [0.1, 0.15) is 11.7 Å². The summed E-state index contributed by atoms with van der Waals surface area (Å²) in [5.74, 6) is -1.34. The molecule has 3 rings (SSSR count). The Morgan fingerprint density at radius 3 is 2.17 bits per heavy atom. The molecule has 0 unspecified atom stereocenters. The van der Waals surface area contributed by atoms with Crippen LogP contribution in [0.1, 0.15) is 74.1 Å². The molecule has 30 heavy (non-hydrogen) atoms. The molecule has 0 spiro atoms. The van der Waals surface area contributed by atoms with Crippen molar-refractivity contribution in [1.29, 1.82) is 0 Å². The Kier molecular flexibility index (Phi) is 5.50. The molecule has 3 aliphatic rings. The van der Waals surface area contributed by atoms with Gasteiger partial charge in [0.05, 0.1) is 5.60 Å². The van der Waals surface area contributed by atoms with Crippen molar-refractivity contribution in [3.05, 3.63) is 12.7 Å². The molecule has 0 bridgehead atoms. The molecular formula is C24H36O6. The third-order valence-electron chi connectivity index (χ3n) is 8.21. The van der Waals surface area contributed by atoms with E-state index in [9.17, 15) is 14.4 Å². The molecule has 1 heterocycles. The van der Waals surface area contributed by atoms with E-state index in [-0.39, 0.29) is 35.1 Å². The number of carbonyl (C=O) groups is 3. The second kappa shape index (κ2) is 7.18. The van der Waals surface area contributed by atoms with Crippen LogP contribution >= 0.6 is 0 Å². The first-order valence-electron chi connectivity index (χ1n) is 10.9. The molecule has 0 N–H and O–H groups in total. The normalized spacial score (nSPS) is 45.0. The average Bonchev–Trinajstić information content (AvgIpc) is 2.61. The monoisotopic (exact) mass is 420 g/mol. The average molecular weight is 421 g/mol. The van der Waals surface area contributed by atoms with Crippen LogP contribution in [0.4, 0.5) is 0 Å². The SMILES string of the molecule is C=C[C@@]1(C)CC[C@@H]2[C@@]3(C)CC[C@H](OC(C)=O)C(C)(C)[C@H]3[C@@H](OC(C)=O)C(=O)[C@@]2(C)O1. The summed E-state index contributed by atoms with van der Waals surface area (Å²) < 4.78 is 17.8. The van der Waals surface area contributed by atoms with Crippen LogP contribution in [0.2, 0.25) is 0 Å². The predicted molar refractivity (Wildman–Crippen MR) is 112 cm³/mol. The van der Waals surface area contributed by atoms with E-state index in [1.165, 1.54) is 13.8 Å². The molecule has 0 amide bonds. The van der Waals surface area contributed by atoms with Crippen LogP contribution in [-0.4, -0.2) is 41.1 Å². The lowest BCUT2D eigenvalue weighted by Gasteiger charge is -2.66. The predicted octanol–water partition coefficient (Wildman–Crippen LogP) is 4.01. The van der Waals surface area contributed by atoms with Crippen LogP contribution in [0.3, 0.4) is 0 Å². The topological polar surface area (TPSA) is 78.9 Å². The number of ketones is 1. The van der Waals surface area contributed by atoms with Crippen molar-refractivity contribution in [2.24, 2.45) is 22.7 Å². The summed E-state index contributed by atoms with van der Waals surface area (Å²) in [6.07, 6.45) is 3.53. The lowest BCUT2D eigenvalue weighted by molar-refractivity contribution is -0.269. The van der Waals surface area contributed by atoms with Crippen LogP contribution in [0.15, 0.2) is 12.7 Å². The van der Waals surface area contributed by atoms with Crippen LogP contribution in [0, 0.1) is 22.7 Å². The first-order valence-corrected chi connectivity index (χ1v) is 10.9. The van der Waals surface area contributed by atoms with Crippen molar-refractivity contribution in [1.82, 2.24) is 0 Å². The maximum Gasteiger partial charge on any atom is 0.303 e. The first kappa shape index (κ1) is 23.0. The fourth-order valence-electron chi connectivity index (χ4n) is 6.93. The van der Waals surface area contributed by atoms with E-state index in [0.717, 1.165) is 19.3 Å². The third kappa shape index (κ3) is 3.31. The van der Waals surface area contributed by atoms with Gasteiger partial charge < -0.3 is 14.2 Å². The van der Waals surface area contributed by atoms with Crippen molar-refractivity contribution in [3.8, 4) is 0 Å². The van der Waals surface area contributed by atoms with Gasteiger partial charge in [0.15, 0.2) is 6.10 Å². The molecule has 0 aromatic rings. The number of Topliss-reactive ketones (excluding diaryl/α,β-unsaturated/α-hetero) is 1. The van der Waals surface area contributed by atoms with Gasteiger partial charge in [-0.15, -0.1) is 6.58 Å². The van der Waals surface area contributed by atoms with E-state index < -0.39 is 28.7 Å². The number of esters is 2. The summed E-state index contributed by atoms with van der Waals surface area (Å²) in [5.41, 5.74) is -2.54. The number of hydrogen-bond acceptors (Lipinski definition) is 6. The van der Waals surface area contributed by atoms with E-state index in [0.29, 0.717) is 6.42 Å². The molecule has 3 fully saturated rings. The molecule has 1 saturated heterocycles. The Morgan fingerprint density at radius 1 is 1.03 bits per heavy atom. The largest absolute Gasteiger partial charge is 0.462 e. The van der Waals surface area contributed by atoms with Gasteiger partial charge in [0.2, 0.25) is 5.78 Å². The smallest absolute Gasteiger partial charge is 0.303 e. The number of ether oxygens (including phenoxy) is 3. The Bertz CT molecular complexity index is 772. The van der Waals surface area contributed by atoms with Crippen molar-refractivity contribution in [2.45, 2.75) is 97.6 Å². The van der Waals surface area contributed by atoms with Crippen LogP contribution in [-0.2, 0) is 28.6 Å². The van der Waals surface area contributed by atoms with E-state index in [1.54, 1.807) is 6.08 Å². The standard InChI is InChI=1S/C24H36O6/c1-9-22(6)12-10-16-23(7)13-11-17(28-14(2)25)21(4,5)19(23)18(29-15(3)26)20(27)24(16,8)30-22/h9,16-19H,1,10-13H2,2-8H3/t16-,17+,18-,19-,22+,23-,24+/m1/s1. The second-order valence-electron chi connectivity index (χ2n) is 10.7. The summed E-state index contributed by atoms with van der Waals surface area (Å²) >= 11 is 0. The highest BCUT2D eigenvalue weighted by Crippen LogP contribution is 2.65. The van der Waals surface area contributed by atoms with E-state index in [4.69, 9.17) is 14.2 Å². The molecule has 0 aromatic carbocycles. The van der Waals surface area contributed by atoms with Crippen molar-refractivity contribution in [2.75, 3.05) is 0 Å². The molecule has 1 aliphatic heterocycles. The van der Waals surface area contributed by atoms with Crippen molar-refractivity contribution >= 4 is 17.7 Å². The van der Waals surface area contributed by atoms with Crippen molar-refractivity contribution in [3.63, 3.8) is 0 Å². The molecule has 6 nitrogen and oxygen atoms in total.